The van der Waals surface area contributed by atoms with Crippen LogP contribution >= 0.6 is 11.6 Å². The van der Waals surface area contributed by atoms with Crippen molar-refractivity contribution in [2.24, 2.45) is 7.05 Å². The summed E-state index contributed by atoms with van der Waals surface area (Å²) in [6, 6.07) is 5.45. The largest absolute Gasteiger partial charge is 0.338 e. The predicted octanol–water partition coefficient (Wildman–Crippen LogP) is 2.79. The van der Waals surface area contributed by atoms with Crippen molar-refractivity contribution in [1.82, 2.24) is 15.1 Å². The van der Waals surface area contributed by atoms with Crippen LogP contribution in [0.5, 0.6) is 0 Å². The Labute approximate surface area is 122 Å². The Kier molecular flexibility index (Phi) is 3.14. The van der Waals surface area contributed by atoms with Gasteiger partial charge in [0, 0.05) is 29.7 Å². The highest BCUT2D eigenvalue weighted by atomic mass is 35.5. The second-order valence-electron chi connectivity index (χ2n) is 4.73. The summed E-state index contributed by atoms with van der Waals surface area (Å²) < 4.78 is 1.82. The first kappa shape index (κ1) is 13.0. The molecule has 0 aliphatic carbocycles. The average Bonchev–Trinajstić information content (AvgIpc) is 2.79. The maximum atomic E-state index is 12.2. The van der Waals surface area contributed by atoms with Gasteiger partial charge in [-0.15, -0.1) is 0 Å². The highest BCUT2D eigenvalue weighted by Gasteiger charge is 2.28. The molecule has 1 aliphatic rings. The van der Waals surface area contributed by atoms with E-state index in [4.69, 9.17) is 11.6 Å². The van der Waals surface area contributed by atoms with Crippen LogP contribution in [0.3, 0.4) is 0 Å². The van der Waals surface area contributed by atoms with Crippen molar-refractivity contribution in [3.8, 4) is 11.3 Å². The molecule has 0 radical (unpaired) electrons. The van der Waals surface area contributed by atoms with Gasteiger partial charge in [-0.3, -0.25) is 9.58 Å². The summed E-state index contributed by atoms with van der Waals surface area (Å²) in [5, 5.41) is 7.76. The fourth-order valence-electron chi connectivity index (χ4n) is 2.56. The number of rotatable bonds is 1. The Morgan fingerprint density at radius 2 is 2.30 bits per heavy atom. The molecule has 104 valence electrons. The van der Waals surface area contributed by atoms with Gasteiger partial charge in [0.1, 0.15) is 0 Å². The molecule has 0 saturated carbocycles. The van der Waals surface area contributed by atoms with Crippen molar-refractivity contribution < 1.29 is 4.79 Å². The maximum Gasteiger partial charge on any atom is 0.322 e. The Balaban J connectivity index is 2.16. The average molecular weight is 291 g/mol. The number of aromatic nitrogens is 2. The number of hydrogen-bond acceptors (Lipinski definition) is 2. The van der Waals surface area contributed by atoms with Gasteiger partial charge in [-0.05, 0) is 25.1 Å². The summed E-state index contributed by atoms with van der Waals surface area (Å²) in [4.78, 5) is 13.9. The van der Waals surface area contributed by atoms with Crippen molar-refractivity contribution >= 4 is 23.3 Å². The van der Waals surface area contributed by atoms with Gasteiger partial charge in [0.25, 0.3) is 0 Å². The monoisotopic (exact) mass is 290 g/mol. The summed E-state index contributed by atoms with van der Waals surface area (Å²) in [6.45, 7) is 3.02. The second kappa shape index (κ2) is 4.83. The van der Waals surface area contributed by atoms with Crippen LogP contribution < -0.4 is 10.2 Å². The smallest absolute Gasteiger partial charge is 0.322 e. The molecule has 0 spiro atoms. The number of fused-ring (bicyclic) bond motifs is 3. The summed E-state index contributed by atoms with van der Waals surface area (Å²) in [6.07, 6.45) is 1.80. The Bertz CT molecular complexity index is 680. The number of amides is 2. The molecule has 3 rings (SSSR count). The highest BCUT2D eigenvalue weighted by Crippen LogP contribution is 2.40. The van der Waals surface area contributed by atoms with E-state index in [0.717, 1.165) is 22.5 Å². The minimum atomic E-state index is -0.106. The van der Waals surface area contributed by atoms with E-state index < -0.39 is 0 Å². The van der Waals surface area contributed by atoms with E-state index in [1.165, 1.54) is 0 Å². The topological polar surface area (TPSA) is 50.2 Å². The van der Waals surface area contributed by atoms with E-state index in [9.17, 15) is 4.79 Å². The van der Waals surface area contributed by atoms with Crippen LogP contribution in [0.15, 0.2) is 24.4 Å². The first-order valence-corrected chi connectivity index (χ1v) is 6.85. The number of halogens is 1. The maximum absolute atomic E-state index is 12.2. The molecule has 1 aromatic carbocycles. The first-order valence-electron chi connectivity index (χ1n) is 6.48. The van der Waals surface area contributed by atoms with Gasteiger partial charge < -0.3 is 5.32 Å². The van der Waals surface area contributed by atoms with E-state index in [2.05, 4.69) is 10.4 Å². The van der Waals surface area contributed by atoms with E-state index in [1.54, 1.807) is 17.2 Å². The molecule has 2 aromatic rings. The predicted molar refractivity (Wildman–Crippen MR) is 78.9 cm³/mol. The molecule has 20 heavy (non-hydrogen) atoms. The van der Waals surface area contributed by atoms with E-state index in [1.807, 2.05) is 30.8 Å². The number of hydrogen-bond donors (Lipinski definition) is 1. The molecular formula is C14H15ClN4O. The van der Waals surface area contributed by atoms with Crippen molar-refractivity contribution in [2.45, 2.75) is 13.5 Å². The first-order chi connectivity index (χ1) is 9.61. The Hall–Kier alpha value is -2.01. The molecule has 0 fully saturated rings. The minimum absolute atomic E-state index is 0.106. The van der Waals surface area contributed by atoms with Gasteiger partial charge in [0.05, 0.1) is 24.1 Å². The van der Waals surface area contributed by atoms with Gasteiger partial charge in [-0.25, -0.2) is 4.79 Å². The molecule has 0 unspecified atom stereocenters. The number of carbonyl (C=O) groups is 1. The van der Waals surface area contributed by atoms with Crippen molar-refractivity contribution in [3.05, 3.63) is 35.0 Å². The van der Waals surface area contributed by atoms with Gasteiger partial charge >= 0.3 is 6.03 Å². The second-order valence-corrected chi connectivity index (χ2v) is 5.16. The lowest BCUT2D eigenvalue weighted by Crippen LogP contribution is -2.41. The molecule has 0 atom stereocenters. The third-order valence-corrected chi connectivity index (χ3v) is 3.66. The Morgan fingerprint density at radius 3 is 3.05 bits per heavy atom. The van der Waals surface area contributed by atoms with Gasteiger partial charge in [-0.1, -0.05) is 11.6 Å². The number of carbonyl (C=O) groups excluding carboxylic acids is 1. The molecule has 0 saturated heterocycles. The fourth-order valence-corrected chi connectivity index (χ4v) is 2.73. The van der Waals surface area contributed by atoms with Crippen LogP contribution in [0.2, 0.25) is 5.02 Å². The number of anilines is 1. The van der Waals surface area contributed by atoms with Crippen LogP contribution in [-0.4, -0.2) is 22.4 Å². The van der Waals surface area contributed by atoms with Crippen LogP contribution in [0.4, 0.5) is 10.5 Å². The quantitative estimate of drug-likeness (QED) is 0.878. The molecule has 1 aliphatic heterocycles. The lowest BCUT2D eigenvalue weighted by Gasteiger charge is -2.29. The summed E-state index contributed by atoms with van der Waals surface area (Å²) in [7, 11) is 1.89. The number of urea groups is 1. The highest BCUT2D eigenvalue weighted by molar-refractivity contribution is 6.31. The number of nitrogens with zero attached hydrogens (tertiary/aromatic N) is 3. The van der Waals surface area contributed by atoms with Gasteiger partial charge in [-0.2, -0.15) is 5.10 Å². The van der Waals surface area contributed by atoms with Crippen LogP contribution in [-0.2, 0) is 13.6 Å². The van der Waals surface area contributed by atoms with Gasteiger partial charge in [0.15, 0.2) is 0 Å². The van der Waals surface area contributed by atoms with E-state index >= 15 is 0 Å². The molecule has 1 aromatic heterocycles. The number of nitrogens with one attached hydrogen (secondary N) is 1. The standard InChI is InChI=1S/C14H15ClN4O/c1-3-16-14(20)19-8-9-7-17-18(2)13(9)11-6-10(15)4-5-12(11)19/h4-7H,3,8H2,1-2H3,(H,16,20). The summed E-state index contributed by atoms with van der Waals surface area (Å²) in [5.74, 6) is 0. The molecule has 5 nitrogen and oxygen atoms in total. The molecule has 6 heteroatoms. The molecule has 2 heterocycles. The van der Waals surface area contributed by atoms with E-state index in [0.29, 0.717) is 18.1 Å². The molecule has 1 N–H and O–H groups in total. The van der Waals surface area contributed by atoms with Crippen molar-refractivity contribution in [1.29, 1.82) is 0 Å². The lowest BCUT2D eigenvalue weighted by atomic mass is 10.0. The molecule has 0 bridgehead atoms. The van der Waals surface area contributed by atoms with Gasteiger partial charge in [0.2, 0.25) is 0 Å². The number of aryl methyl sites for hydroxylation is 1. The van der Waals surface area contributed by atoms with Crippen LogP contribution in [0, 0.1) is 0 Å². The van der Waals surface area contributed by atoms with Crippen LogP contribution in [0.1, 0.15) is 12.5 Å². The number of benzene rings is 1. The van der Waals surface area contributed by atoms with E-state index in [-0.39, 0.29) is 6.03 Å². The van der Waals surface area contributed by atoms with Crippen molar-refractivity contribution in [2.75, 3.05) is 11.4 Å². The third kappa shape index (κ3) is 1.94. The third-order valence-electron chi connectivity index (χ3n) is 3.42. The SMILES string of the molecule is CCNC(=O)N1Cc2cnn(C)c2-c2cc(Cl)ccc21. The van der Waals surface area contributed by atoms with Crippen LogP contribution in [0.25, 0.3) is 11.3 Å². The zero-order chi connectivity index (χ0) is 14.3. The fraction of sp³-hybridized carbons (Fsp3) is 0.286. The lowest BCUT2D eigenvalue weighted by molar-refractivity contribution is 0.246. The normalized spacial score (nSPS) is 12.8. The minimum Gasteiger partial charge on any atom is -0.338 e. The molecule has 2 amide bonds. The summed E-state index contributed by atoms with van der Waals surface area (Å²) in [5.41, 5.74) is 3.83. The van der Waals surface area contributed by atoms with Crippen molar-refractivity contribution in [3.63, 3.8) is 0 Å². The Morgan fingerprint density at radius 1 is 1.50 bits per heavy atom. The molecular weight excluding hydrogens is 276 g/mol. The zero-order valence-electron chi connectivity index (χ0n) is 11.4. The zero-order valence-corrected chi connectivity index (χ0v) is 12.1. The summed E-state index contributed by atoms with van der Waals surface area (Å²) >= 11 is 6.10.